The largest absolute Gasteiger partial charge is 0.395 e. The predicted octanol–water partition coefficient (Wildman–Crippen LogP) is 2.13. The third kappa shape index (κ3) is 2.12. The van der Waals surface area contributed by atoms with Crippen LogP contribution in [0.15, 0.2) is 6.33 Å². The number of aryl methyl sites for hydroxylation is 2. The molecule has 0 spiro atoms. The van der Waals surface area contributed by atoms with Crippen molar-refractivity contribution in [1.82, 2.24) is 9.97 Å². The summed E-state index contributed by atoms with van der Waals surface area (Å²) < 4.78 is 0. The van der Waals surface area contributed by atoms with E-state index < -0.39 is 0 Å². The molecule has 1 N–H and O–H groups in total. The van der Waals surface area contributed by atoms with Crippen molar-refractivity contribution in [3.63, 3.8) is 0 Å². The van der Waals surface area contributed by atoms with Crippen LogP contribution in [0.3, 0.4) is 0 Å². The van der Waals surface area contributed by atoms with Gasteiger partial charge < -0.3 is 10.0 Å². The number of fused-ring (bicyclic) bond motifs is 1. The number of rotatable bonds is 4. The first-order valence-electron chi connectivity index (χ1n) is 5.75. The highest BCUT2D eigenvalue weighted by Crippen LogP contribution is 2.33. The number of hydrogen-bond acceptors (Lipinski definition) is 5. The predicted molar refractivity (Wildman–Crippen MR) is 71.9 cm³/mol. The smallest absolute Gasteiger partial charge is 0.141 e. The van der Waals surface area contributed by atoms with E-state index in [1.165, 1.54) is 10.4 Å². The lowest BCUT2D eigenvalue weighted by Gasteiger charge is -2.21. The fraction of sp³-hybridized carbons (Fsp3) is 0.500. The van der Waals surface area contributed by atoms with Gasteiger partial charge in [0.25, 0.3) is 0 Å². The number of hydrogen-bond donors (Lipinski definition) is 1. The van der Waals surface area contributed by atoms with Gasteiger partial charge >= 0.3 is 0 Å². The summed E-state index contributed by atoms with van der Waals surface area (Å²) in [6.07, 6.45) is 1.60. The lowest BCUT2D eigenvalue weighted by Crippen LogP contribution is -2.27. The second-order valence-electron chi connectivity index (χ2n) is 3.96. The maximum atomic E-state index is 9.09. The molecule has 0 aliphatic rings. The van der Waals surface area contributed by atoms with Crippen LogP contribution in [0.5, 0.6) is 0 Å². The molecule has 0 fully saturated rings. The molecule has 0 saturated carbocycles. The summed E-state index contributed by atoms with van der Waals surface area (Å²) in [7, 11) is 0. The maximum absolute atomic E-state index is 9.09. The van der Waals surface area contributed by atoms with E-state index in [9.17, 15) is 0 Å². The Morgan fingerprint density at radius 1 is 1.35 bits per heavy atom. The van der Waals surface area contributed by atoms with Crippen LogP contribution in [0, 0.1) is 13.8 Å². The van der Waals surface area contributed by atoms with Gasteiger partial charge in [0.15, 0.2) is 0 Å². The van der Waals surface area contributed by atoms with Gasteiger partial charge in [0, 0.05) is 18.0 Å². The molecule has 2 aromatic rings. The van der Waals surface area contributed by atoms with Crippen molar-refractivity contribution in [1.29, 1.82) is 0 Å². The molecule has 0 radical (unpaired) electrons. The number of thiophene rings is 1. The van der Waals surface area contributed by atoms with Crippen molar-refractivity contribution in [3.8, 4) is 0 Å². The third-order valence-corrected chi connectivity index (χ3v) is 4.11. The molecule has 0 aliphatic carbocycles. The molecule has 0 aromatic carbocycles. The number of aromatic nitrogens is 2. The first kappa shape index (κ1) is 12.3. The Balaban J connectivity index is 2.59. The molecule has 2 rings (SSSR count). The van der Waals surface area contributed by atoms with E-state index in [0.29, 0.717) is 6.54 Å². The minimum atomic E-state index is 0.140. The van der Waals surface area contributed by atoms with Gasteiger partial charge in [-0.25, -0.2) is 9.97 Å². The topological polar surface area (TPSA) is 49.2 Å². The van der Waals surface area contributed by atoms with Crippen molar-refractivity contribution < 1.29 is 5.11 Å². The van der Waals surface area contributed by atoms with Gasteiger partial charge in [-0.15, -0.1) is 11.3 Å². The quantitative estimate of drug-likeness (QED) is 0.904. The summed E-state index contributed by atoms with van der Waals surface area (Å²) in [4.78, 5) is 13.1. The van der Waals surface area contributed by atoms with E-state index in [1.54, 1.807) is 17.7 Å². The van der Waals surface area contributed by atoms with Gasteiger partial charge in [-0.05, 0) is 26.3 Å². The second kappa shape index (κ2) is 4.98. The minimum Gasteiger partial charge on any atom is -0.395 e. The Hall–Kier alpha value is -1.20. The average Bonchev–Trinajstić information content (AvgIpc) is 2.62. The Morgan fingerprint density at radius 2 is 2.12 bits per heavy atom. The van der Waals surface area contributed by atoms with Crippen LogP contribution in [0.25, 0.3) is 10.2 Å². The molecule has 17 heavy (non-hydrogen) atoms. The van der Waals surface area contributed by atoms with Gasteiger partial charge in [-0.2, -0.15) is 0 Å². The molecule has 92 valence electrons. The summed E-state index contributed by atoms with van der Waals surface area (Å²) in [5, 5.41) is 10.2. The summed E-state index contributed by atoms with van der Waals surface area (Å²) in [5.41, 5.74) is 1.25. The lowest BCUT2D eigenvalue weighted by atomic mass is 10.2. The zero-order valence-corrected chi connectivity index (χ0v) is 11.2. The van der Waals surface area contributed by atoms with Crippen LogP contribution >= 0.6 is 11.3 Å². The van der Waals surface area contributed by atoms with Crippen molar-refractivity contribution in [3.05, 3.63) is 16.8 Å². The van der Waals surface area contributed by atoms with Gasteiger partial charge in [-0.1, -0.05) is 0 Å². The van der Waals surface area contributed by atoms with Crippen molar-refractivity contribution in [2.45, 2.75) is 20.8 Å². The molecule has 0 aliphatic heterocycles. The van der Waals surface area contributed by atoms with Gasteiger partial charge in [0.05, 0.1) is 12.0 Å². The molecule has 0 bridgehead atoms. The van der Waals surface area contributed by atoms with E-state index in [4.69, 9.17) is 5.11 Å². The lowest BCUT2D eigenvalue weighted by molar-refractivity contribution is 0.302. The summed E-state index contributed by atoms with van der Waals surface area (Å²) in [6, 6.07) is 0. The molecule has 4 nitrogen and oxygen atoms in total. The van der Waals surface area contributed by atoms with Crippen molar-refractivity contribution >= 4 is 27.4 Å². The van der Waals surface area contributed by atoms with Gasteiger partial charge in [0.2, 0.25) is 0 Å². The number of anilines is 1. The molecule has 2 heterocycles. The first-order chi connectivity index (χ1) is 8.19. The summed E-state index contributed by atoms with van der Waals surface area (Å²) in [5.74, 6) is 0.938. The van der Waals surface area contributed by atoms with Crippen molar-refractivity contribution in [2.24, 2.45) is 0 Å². The van der Waals surface area contributed by atoms with Crippen LogP contribution in [-0.2, 0) is 0 Å². The first-order valence-corrected chi connectivity index (χ1v) is 6.57. The van der Waals surface area contributed by atoms with Crippen LogP contribution in [0.1, 0.15) is 17.4 Å². The highest BCUT2D eigenvalue weighted by atomic mass is 32.1. The van der Waals surface area contributed by atoms with Crippen molar-refractivity contribution in [2.75, 3.05) is 24.6 Å². The van der Waals surface area contributed by atoms with Crippen LogP contribution in [-0.4, -0.2) is 34.8 Å². The van der Waals surface area contributed by atoms with E-state index in [0.717, 1.165) is 22.6 Å². The van der Waals surface area contributed by atoms with Gasteiger partial charge in [0.1, 0.15) is 17.0 Å². The number of aliphatic hydroxyl groups excluding tert-OH is 1. The minimum absolute atomic E-state index is 0.140. The zero-order valence-electron chi connectivity index (χ0n) is 10.4. The molecule has 2 aromatic heterocycles. The van der Waals surface area contributed by atoms with E-state index in [2.05, 4.69) is 35.6 Å². The molecule has 0 saturated heterocycles. The van der Waals surface area contributed by atoms with E-state index in [-0.39, 0.29) is 6.61 Å². The van der Waals surface area contributed by atoms with Crippen LogP contribution < -0.4 is 4.90 Å². The number of aliphatic hydroxyl groups is 1. The SMILES string of the molecule is CCN(CCO)c1ncnc2sc(C)c(C)c12. The maximum Gasteiger partial charge on any atom is 0.141 e. The van der Waals surface area contributed by atoms with Gasteiger partial charge in [-0.3, -0.25) is 0 Å². The summed E-state index contributed by atoms with van der Waals surface area (Å²) in [6.45, 7) is 7.86. The standard InChI is InChI=1S/C12H17N3OS/c1-4-15(5-6-16)11-10-8(2)9(3)17-12(10)14-7-13-11/h7,16H,4-6H2,1-3H3. The summed E-state index contributed by atoms with van der Waals surface area (Å²) >= 11 is 1.70. The molecule has 5 heteroatoms. The highest BCUT2D eigenvalue weighted by Gasteiger charge is 2.15. The molecule has 0 amide bonds. The molecule has 0 atom stereocenters. The fourth-order valence-corrected chi connectivity index (χ4v) is 2.93. The Kier molecular flexibility index (Phi) is 3.59. The second-order valence-corrected chi connectivity index (χ2v) is 5.17. The number of nitrogens with zero attached hydrogens (tertiary/aromatic N) is 3. The average molecular weight is 251 g/mol. The monoisotopic (exact) mass is 251 g/mol. The zero-order chi connectivity index (χ0) is 12.4. The Bertz CT molecular complexity index is 524. The molecular formula is C12H17N3OS. The molecular weight excluding hydrogens is 234 g/mol. The van der Waals surface area contributed by atoms with Crippen LogP contribution in [0.2, 0.25) is 0 Å². The molecule has 0 unspecified atom stereocenters. The van der Waals surface area contributed by atoms with E-state index in [1.807, 2.05) is 0 Å². The van der Waals surface area contributed by atoms with Crippen LogP contribution in [0.4, 0.5) is 5.82 Å². The Labute approximate surface area is 105 Å². The fourth-order valence-electron chi connectivity index (χ4n) is 1.94. The number of likely N-dealkylation sites (N-methyl/N-ethyl adjacent to an activating group) is 1. The normalized spacial score (nSPS) is 11.1. The highest BCUT2D eigenvalue weighted by molar-refractivity contribution is 7.18. The Morgan fingerprint density at radius 3 is 2.76 bits per heavy atom. The third-order valence-electron chi connectivity index (χ3n) is 3.00. The van der Waals surface area contributed by atoms with E-state index >= 15 is 0 Å².